The van der Waals surface area contributed by atoms with Crippen LogP contribution in [0.2, 0.25) is 0 Å². The minimum Gasteiger partial charge on any atom is -0.287 e. The van der Waals surface area contributed by atoms with Crippen LogP contribution in [0.1, 0.15) is 10.4 Å². The molecule has 0 atom stereocenters. The fourth-order valence-electron chi connectivity index (χ4n) is 3.37. The van der Waals surface area contributed by atoms with Crippen molar-refractivity contribution in [1.29, 1.82) is 0 Å². The molecule has 0 aliphatic heterocycles. The molecule has 0 N–H and O–H groups in total. The van der Waals surface area contributed by atoms with Gasteiger partial charge in [0.05, 0.1) is 10.9 Å². The van der Waals surface area contributed by atoms with Gasteiger partial charge in [-0.15, -0.1) is 0 Å². The van der Waals surface area contributed by atoms with Gasteiger partial charge in [-0.2, -0.15) is 0 Å². The Hall–Kier alpha value is -3.20. The van der Waals surface area contributed by atoms with Crippen LogP contribution in [0, 0.1) is 0 Å². The molecule has 5 rings (SSSR count). The summed E-state index contributed by atoms with van der Waals surface area (Å²) in [5, 5.41) is 3.47. The monoisotopic (exact) mass is 297 g/mol. The lowest BCUT2D eigenvalue weighted by Gasteiger charge is -2.08. The van der Waals surface area contributed by atoms with Crippen molar-refractivity contribution in [2.45, 2.75) is 0 Å². The summed E-state index contributed by atoms with van der Waals surface area (Å²) in [5.74, 6) is -0.148. The molecule has 3 heteroatoms. The molecule has 23 heavy (non-hydrogen) atoms. The van der Waals surface area contributed by atoms with Gasteiger partial charge in [0.1, 0.15) is 5.52 Å². The van der Waals surface area contributed by atoms with Crippen LogP contribution in [-0.2, 0) is 0 Å². The second kappa shape index (κ2) is 4.17. The van der Waals surface area contributed by atoms with Crippen molar-refractivity contribution in [2.24, 2.45) is 0 Å². The lowest BCUT2D eigenvalue weighted by atomic mass is 10.0. The number of aromatic nitrogens is 1. The van der Waals surface area contributed by atoms with Crippen LogP contribution >= 0.6 is 0 Å². The molecule has 0 bridgehead atoms. The molecule has 1 heterocycles. The number of carbonyl (C=O) groups is 1. The molecule has 0 fully saturated rings. The third-order valence-electron chi connectivity index (χ3n) is 4.48. The van der Waals surface area contributed by atoms with Crippen LogP contribution in [-0.4, -0.2) is 10.5 Å². The van der Waals surface area contributed by atoms with Gasteiger partial charge in [-0.25, -0.2) is 0 Å². The summed E-state index contributed by atoms with van der Waals surface area (Å²) in [5.41, 5.74) is 1.93. The van der Waals surface area contributed by atoms with Gasteiger partial charge >= 0.3 is 0 Å². The zero-order valence-corrected chi connectivity index (χ0v) is 12.1. The molecule has 0 saturated heterocycles. The molecular weight excluding hydrogens is 286 g/mol. The van der Waals surface area contributed by atoms with Crippen molar-refractivity contribution in [3.05, 3.63) is 82.5 Å². The van der Waals surface area contributed by atoms with E-state index in [1.54, 1.807) is 4.57 Å². The van der Waals surface area contributed by atoms with Crippen LogP contribution in [0.5, 0.6) is 0 Å². The highest BCUT2D eigenvalue weighted by atomic mass is 16.2. The van der Waals surface area contributed by atoms with E-state index in [4.69, 9.17) is 0 Å². The zero-order chi connectivity index (χ0) is 15.6. The first-order valence-electron chi connectivity index (χ1n) is 7.48. The van der Waals surface area contributed by atoms with Crippen molar-refractivity contribution >= 4 is 38.5 Å². The molecule has 4 aromatic carbocycles. The van der Waals surface area contributed by atoms with Gasteiger partial charge in [0, 0.05) is 10.9 Å². The van der Waals surface area contributed by atoms with Crippen molar-refractivity contribution in [3.8, 4) is 0 Å². The number of carbonyl (C=O) groups excluding carboxylic acids is 1. The highest BCUT2D eigenvalue weighted by Gasteiger charge is 2.28. The van der Waals surface area contributed by atoms with E-state index in [1.165, 1.54) is 0 Å². The highest BCUT2D eigenvalue weighted by Crippen LogP contribution is 2.31. The maximum absolute atomic E-state index is 13.1. The number of nitrogens with zero attached hydrogens (tertiary/aromatic N) is 1. The van der Waals surface area contributed by atoms with E-state index in [1.807, 2.05) is 66.7 Å². The van der Waals surface area contributed by atoms with Gasteiger partial charge in [-0.05, 0) is 22.9 Å². The first kappa shape index (κ1) is 12.4. The topological polar surface area (TPSA) is 39.1 Å². The van der Waals surface area contributed by atoms with Crippen molar-refractivity contribution in [3.63, 3.8) is 0 Å². The largest absolute Gasteiger partial charge is 0.287 e. The Kier molecular flexibility index (Phi) is 2.24. The van der Waals surface area contributed by atoms with Gasteiger partial charge in [0.15, 0.2) is 0 Å². The number of pyridine rings is 1. The number of para-hydroxylation sites is 1. The van der Waals surface area contributed by atoms with Gasteiger partial charge < -0.3 is 0 Å². The van der Waals surface area contributed by atoms with E-state index >= 15 is 0 Å². The molecule has 0 amide bonds. The zero-order valence-electron chi connectivity index (χ0n) is 12.1. The normalized spacial score (nSPS) is 11.8. The fraction of sp³-hybridized carbons (Fsp3) is 0. The van der Waals surface area contributed by atoms with E-state index in [2.05, 4.69) is 0 Å². The molecule has 1 aromatic heterocycles. The van der Waals surface area contributed by atoms with Crippen molar-refractivity contribution in [2.75, 3.05) is 0 Å². The molecule has 108 valence electrons. The van der Waals surface area contributed by atoms with E-state index in [-0.39, 0.29) is 11.3 Å². The van der Waals surface area contributed by atoms with Gasteiger partial charge in [-0.1, -0.05) is 54.6 Å². The quantitative estimate of drug-likeness (QED) is 0.471. The smallest absolute Gasteiger partial charge is 0.263 e. The summed E-state index contributed by atoms with van der Waals surface area (Å²) < 4.78 is 1.56. The SMILES string of the molecule is O=C(c1cccc2ccccc12)n1c2ccccc2c2c(=O)c21. The summed E-state index contributed by atoms with van der Waals surface area (Å²) >= 11 is 0. The third-order valence-corrected chi connectivity index (χ3v) is 4.48. The number of rotatable bonds is 1. The minimum atomic E-state index is -0.148. The molecule has 0 spiro atoms. The average molecular weight is 297 g/mol. The maximum atomic E-state index is 13.1. The number of fused-ring (bicyclic) bond motifs is 4. The molecule has 0 aliphatic carbocycles. The Bertz CT molecular complexity index is 1240. The Morgan fingerprint density at radius 3 is 2.35 bits per heavy atom. The predicted molar refractivity (Wildman–Crippen MR) is 91.8 cm³/mol. The average Bonchev–Trinajstić information content (AvgIpc) is 3.11. The first-order chi connectivity index (χ1) is 11.3. The standard InChI is InChI=1S/C20H11NO2/c22-19-17-15-9-3-4-11-16(15)21(18(17)19)20(23)14-10-5-7-12-6-1-2-8-13(12)14/h1-11H. The molecule has 0 saturated carbocycles. The highest BCUT2D eigenvalue weighted by molar-refractivity contribution is 6.24. The van der Waals surface area contributed by atoms with Gasteiger partial charge in [-0.3, -0.25) is 14.2 Å². The lowest BCUT2D eigenvalue weighted by Crippen LogP contribution is -2.12. The van der Waals surface area contributed by atoms with Crippen LogP contribution < -0.4 is 5.43 Å². The molecule has 0 radical (unpaired) electrons. The Labute approximate surface area is 131 Å². The third kappa shape index (κ3) is 1.53. The summed E-state index contributed by atoms with van der Waals surface area (Å²) in [6.45, 7) is 0. The van der Waals surface area contributed by atoms with Crippen LogP contribution in [0.4, 0.5) is 0 Å². The van der Waals surface area contributed by atoms with Gasteiger partial charge in [0.2, 0.25) is 5.43 Å². The Balaban J connectivity index is 1.84. The summed E-state index contributed by atoms with van der Waals surface area (Å²) in [6, 6.07) is 21.0. The Morgan fingerprint density at radius 1 is 0.783 bits per heavy atom. The van der Waals surface area contributed by atoms with Crippen LogP contribution in [0.15, 0.2) is 71.5 Å². The van der Waals surface area contributed by atoms with E-state index in [0.29, 0.717) is 16.5 Å². The maximum Gasteiger partial charge on any atom is 0.263 e. The fourth-order valence-corrected chi connectivity index (χ4v) is 3.37. The first-order valence-corrected chi connectivity index (χ1v) is 7.48. The molecule has 3 nitrogen and oxygen atoms in total. The molecule has 5 aromatic rings. The molecular formula is C20H11NO2. The van der Waals surface area contributed by atoms with E-state index in [9.17, 15) is 9.59 Å². The second-order valence-electron chi connectivity index (χ2n) is 5.74. The number of benzene rings is 3. The van der Waals surface area contributed by atoms with Gasteiger partial charge in [0.25, 0.3) is 5.91 Å². The van der Waals surface area contributed by atoms with Crippen molar-refractivity contribution in [1.82, 2.24) is 4.57 Å². The summed E-state index contributed by atoms with van der Waals surface area (Å²) in [4.78, 5) is 25.2. The Morgan fingerprint density at radius 2 is 1.48 bits per heavy atom. The van der Waals surface area contributed by atoms with Crippen LogP contribution in [0.25, 0.3) is 32.6 Å². The lowest BCUT2D eigenvalue weighted by molar-refractivity contribution is 0.0971. The second-order valence-corrected chi connectivity index (χ2v) is 5.74. The van der Waals surface area contributed by atoms with E-state index in [0.717, 1.165) is 21.7 Å². The van der Waals surface area contributed by atoms with Crippen LogP contribution in [0.3, 0.4) is 0 Å². The minimum absolute atomic E-state index is 0.0164. The summed E-state index contributed by atoms with van der Waals surface area (Å²) in [7, 11) is 0. The predicted octanol–water partition coefficient (Wildman–Crippen LogP) is 3.87. The number of hydrogen-bond donors (Lipinski definition) is 0. The number of hydrogen-bond acceptors (Lipinski definition) is 2. The molecule has 0 unspecified atom stereocenters. The van der Waals surface area contributed by atoms with E-state index < -0.39 is 0 Å². The molecule has 0 aliphatic rings. The summed E-state index contributed by atoms with van der Waals surface area (Å²) in [6.07, 6.45) is 0. The van der Waals surface area contributed by atoms with Crippen molar-refractivity contribution < 1.29 is 4.79 Å².